The number of alkyl halides is 3. The number of benzene rings is 1. The third-order valence-electron chi connectivity index (χ3n) is 5.07. The number of carbonyl (C=O) groups excluding carboxylic acids is 1. The number of nitrogens with zero attached hydrogens (tertiary/aromatic N) is 3. The van der Waals surface area contributed by atoms with Crippen molar-refractivity contribution in [1.82, 2.24) is 15.1 Å². The normalized spacial score (nSPS) is 17.8. The van der Waals surface area contributed by atoms with Gasteiger partial charge in [-0.3, -0.25) is 4.99 Å². The molecule has 1 heterocycles. The fraction of sp³-hybridized carbons (Fsp3) is 0.524. The molecule has 0 unspecified atom stereocenters. The van der Waals surface area contributed by atoms with Crippen molar-refractivity contribution in [3.63, 3.8) is 0 Å². The summed E-state index contributed by atoms with van der Waals surface area (Å²) in [5, 5.41) is 3.21. The Hall–Kier alpha value is -2.26. The van der Waals surface area contributed by atoms with E-state index in [2.05, 4.69) is 10.3 Å². The lowest BCUT2D eigenvalue weighted by molar-refractivity contribution is -0.145. The summed E-state index contributed by atoms with van der Waals surface area (Å²) >= 11 is 6.00. The molecule has 2 rings (SSSR count). The molecule has 1 saturated heterocycles. The lowest BCUT2D eigenvalue weighted by atomic mass is 10.0. The van der Waals surface area contributed by atoms with Crippen LogP contribution < -0.4 is 11.1 Å². The van der Waals surface area contributed by atoms with Crippen LogP contribution in [0.25, 0.3) is 0 Å². The summed E-state index contributed by atoms with van der Waals surface area (Å²) in [7, 11) is 1.62. The van der Waals surface area contributed by atoms with E-state index in [1.807, 2.05) is 11.8 Å². The van der Waals surface area contributed by atoms with E-state index in [1.54, 1.807) is 37.4 Å². The predicted molar refractivity (Wildman–Crippen MR) is 117 cm³/mol. The molecular weight excluding hydrogens is 431 g/mol. The van der Waals surface area contributed by atoms with Crippen LogP contribution >= 0.6 is 11.6 Å². The Kier molecular flexibility index (Phi) is 9.18. The van der Waals surface area contributed by atoms with Crippen LogP contribution in [-0.2, 0) is 6.54 Å². The van der Waals surface area contributed by atoms with E-state index in [-0.39, 0.29) is 13.1 Å². The molecule has 0 bridgehead atoms. The van der Waals surface area contributed by atoms with Crippen molar-refractivity contribution in [3.05, 3.63) is 46.5 Å². The van der Waals surface area contributed by atoms with Crippen molar-refractivity contribution >= 4 is 23.5 Å². The molecule has 0 radical (unpaired) electrons. The third kappa shape index (κ3) is 7.74. The van der Waals surface area contributed by atoms with Gasteiger partial charge in [-0.2, -0.15) is 13.2 Å². The minimum Gasteiger partial charge on any atom is -0.355 e. The third-order valence-corrected chi connectivity index (χ3v) is 5.49. The molecule has 10 heteroatoms. The van der Waals surface area contributed by atoms with E-state index in [4.69, 9.17) is 17.3 Å². The fourth-order valence-electron chi connectivity index (χ4n) is 3.57. The van der Waals surface area contributed by atoms with Crippen LogP contribution in [-0.4, -0.2) is 67.1 Å². The maximum absolute atomic E-state index is 13.3. The number of hydrogen-bond acceptors (Lipinski definition) is 3. The van der Waals surface area contributed by atoms with E-state index in [9.17, 15) is 18.0 Å². The molecule has 1 aliphatic rings. The summed E-state index contributed by atoms with van der Waals surface area (Å²) in [6.45, 7) is 1.89. The highest BCUT2D eigenvalue weighted by Gasteiger charge is 2.38. The first-order valence-electron chi connectivity index (χ1n) is 10.1. The van der Waals surface area contributed by atoms with Gasteiger partial charge in [0.15, 0.2) is 0 Å². The molecule has 0 aliphatic carbocycles. The number of aryl methyl sites for hydroxylation is 1. The minimum atomic E-state index is -4.50. The zero-order chi connectivity index (χ0) is 23.0. The molecule has 1 fully saturated rings. The zero-order valence-corrected chi connectivity index (χ0v) is 18.5. The first-order valence-corrected chi connectivity index (χ1v) is 10.5. The second kappa shape index (κ2) is 11.4. The Morgan fingerprint density at radius 2 is 2.19 bits per heavy atom. The number of amidine groups is 1. The van der Waals surface area contributed by atoms with Crippen molar-refractivity contribution in [3.8, 4) is 0 Å². The van der Waals surface area contributed by atoms with Gasteiger partial charge in [0.25, 0.3) is 0 Å². The first-order chi connectivity index (χ1) is 14.6. The van der Waals surface area contributed by atoms with Crippen LogP contribution in [0.4, 0.5) is 18.0 Å². The maximum atomic E-state index is 13.3. The standard InChI is InChI=1S/C21H29ClF3N5O/c1-15-11-16(7-8-18(15)22)12-28-20(31)30(14-21(23,24)25)17-5-4-10-29(13-17)19(27-2)6-3-9-26/h3,6-8,11,17H,4-5,9-10,12-14,26H2,1-2H3,(H,28,31)/b6-3-,27-19?/t17-/m0/s1. The van der Waals surface area contributed by atoms with Gasteiger partial charge in [-0.25, -0.2) is 4.79 Å². The highest BCUT2D eigenvalue weighted by molar-refractivity contribution is 6.31. The van der Waals surface area contributed by atoms with Gasteiger partial charge < -0.3 is 20.9 Å². The van der Waals surface area contributed by atoms with Gasteiger partial charge in [0.05, 0.1) is 6.04 Å². The van der Waals surface area contributed by atoms with Crippen LogP contribution in [0, 0.1) is 6.92 Å². The molecule has 0 aromatic heterocycles. The van der Waals surface area contributed by atoms with Gasteiger partial charge >= 0.3 is 12.2 Å². The van der Waals surface area contributed by atoms with E-state index < -0.39 is 24.8 Å². The lowest BCUT2D eigenvalue weighted by Gasteiger charge is -2.40. The quantitative estimate of drug-likeness (QED) is 0.503. The Balaban J connectivity index is 2.13. The molecular formula is C21H29ClF3N5O. The Labute approximate surface area is 185 Å². The topological polar surface area (TPSA) is 74.0 Å². The highest BCUT2D eigenvalue weighted by atomic mass is 35.5. The molecule has 0 saturated carbocycles. The fourth-order valence-corrected chi connectivity index (χ4v) is 3.69. The maximum Gasteiger partial charge on any atom is 0.406 e. The number of piperidine rings is 1. The second-order valence-electron chi connectivity index (χ2n) is 7.45. The summed E-state index contributed by atoms with van der Waals surface area (Å²) in [6.07, 6.45) is 0.118. The molecule has 1 aromatic rings. The number of amides is 2. The molecule has 6 nitrogen and oxygen atoms in total. The molecule has 31 heavy (non-hydrogen) atoms. The molecule has 1 aliphatic heterocycles. The number of carbonyl (C=O) groups is 1. The van der Waals surface area contributed by atoms with Crippen molar-refractivity contribution < 1.29 is 18.0 Å². The van der Waals surface area contributed by atoms with E-state index in [0.29, 0.717) is 36.8 Å². The molecule has 172 valence electrons. The summed E-state index contributed by atoms with van der Waals surface area (Å²) in [4.78, 5) is 19.7. The smallest absolute Gasteiger partial charge is 0.355 e. The Morgan fingerprint density at radius 3 is 2.81 bits per heavy atom. The van der Waals surface area contributed by atoms with E-state index >= 15 is 0 Å². The number of aliphatic imine (C=N–C) groups is 1. The van der Waals surface area contributed by atoms with Gasteiger partial charge in [-0.1, -0.05) is 29.8 Å². The van der Waals surface area contributed by atoms with Gasteiger partial charge in [0.2, 0.25) is 0 Å². The average molecular weight is 460 g/mol. The van der Waals surface area contributed by atoms with Crippen LogP contribution in [0.3, 0.4) is 0 Å². The lowest BCUT2D eigenvalue weighted by Crippen LogP contribution is -2.56. The molecule has 2 amide bonds. The van der Waals surface area contributed by atoms with Gasteiger partial charge in [0.1, 0.15) is 12.4 Å². The molecule has 0 spiro atoms. The number of halogens is 4. The van der Waals surface area contributed by atoms with Crippen molar-refractivity contribution in [2.45, 2.75) is 38.5 Å². The second-order valence-corrected chi connectivity index (χ2v) is 7.85. The van der Waals surface area contributed by atoms with E-state index in [0.717, 1.165) is 16.0 Å². The zero-order valence-electron chi connectivity index (χ0n) is 17.8. The van der Waals surface area contributed by atoms with Crippen molar-refractivity contribution in [2.24, 2.45) is 10.7 Å². The number of urea groups is 1. The van der Waals surface area contributed by atoms with Crippen LogP contribution in [0.15, 0.2) is 35.3 Å². The highest BCUT2D eigenvalue weighted by Crippen LogP contribution is 2.23. The number of nitrogens with two attached hydrogens (primary N) is 1. The van der Waals surface area contributed by atoms with Crippen molar-refractivity contribution in [1.29, 1.82) is 0 Å². The minimum absolute atomic E-state index is 0.114. The average Bonchev–Trinajstić information content (AvgIpc) is 2.73. The predicted octanol–water partition coefficient (Wildman–Crippen LogP) is 3.73. The van der Waals surface area contributed by atoms with Gasteiger partial charge in [-0.15, -0.1) is 0 Å². The summed E-state index contributed by atoms with van der Waals surface area (Å²) in [6, 6.07) is 3.90. The summed E-state index contributed by atoms with van der Waals surface area (Å²) < 4.78 is 39.8. The van der Waals surface area contributed by atoms with Crippen LogP contribution in [0.1, 0.15) is 24.0 Å². The number of rotatable bonds is 6. The van der Waals surface area contributed by atoms with Crippen LogP contribution in [0.2, 0.25) is 5.02 Å². The summed E-state index contributed by atoms with van der Waals surface area (Å²) in [5.41, 5.74) is 7.09. The Morgan fingerprint density at radius 1 is 1.45 bits per heavy atom. The number of likely N-dealkylation sites (tertiary alicyclic amines) is 1. The van der Waals surface area contributed by atoms with Gasteiger partial charge in [0, 0.05) is 38.2 Å². The van der Waals surface area contributed by atoms with Crippen LogP contribution in [0.5, 0.6) is 0 Å². The van der Waals surface area contributed by atoms with E-state index in [1.165, 1.54) is 0 Å². The molecule has 3 N–H and O–H groups in total. The first kappa shape index (κ1) is 25.0. The monoisotopic (exact) mass is 459 g/mol. The van der Waals surface area contributed by atoms with Gasteiger partial charge in [-0.05, 0) is 43.0 Å². The van der Waals surface area contributed by atoms with Crippen molar-refractivity contribution in [2.75, 3.05) is 33.2 Å². The number of hydrogen-bond donors (Lipinski definition) is 2. The SMILES string of the molecule is CN=C(/C=C\CN)N1CCC[C@H](N(CC(F)(F)F)C(=O)NCc2ccc(Cl)c(C)c2)C1. The summed E-state index contributed by atoms with van der Waals surface area (Å²) in [5.74, 6) is 0.638. The Bertz CT molecular complexity index is 813. The largest absolute Gasteiger partial charge is 0.406 e. The molecule has 1 aromatic carbocycles. The molecule has 1 atom stereocenters. The number of nitrogens with one attached hydrogen (secondary N) is 1.